The minimum absolute atomic E-state index is 0.00951. The number of nitrogens with two attached hydrogens (primary N) is 1. The number of ketones is 2. The van der Waals surface area contributed by atoms with Gasteiger partial charge in [0.2, 0.25) is 5.78 Å². The third kappa shape index (κ3) is 4.09. The molecule has 4 atom stereocenters. The molecule has 0 saturated carbocycles. The van der Waals surface area contributed by atoms with Crippen molar-refractivity contribution in [3.05, 3.63) is 87.9 Å². The van der Waals surface area contributed by atoms with E-state index in [0.29, 0.717) is 5.56 Å². The zero-order valence-electron chi connectivity index (χ0n) is 25.0. The van der Waals surface area contributed by atoms with Crippen molar-refractivity contribution in [2.24, 2.45) is 17.6 Å². The summed E-state index contributed by atoms with van der Waals surface area (Å²) >= 11 is 0. The highest BCUT2D eigenvalue weighted by molar-refractivity contribution is 6.25. The lowest BCUT2D eigenvalue weighted by molar-refractivity contribution is -0.148. The summed E-state index contributed by atoms with van der Waals surface area (Å²) < 4.78 is 0. The number of primary amides is 1. The van der Waals surface area contributed by atoms with E-state index < -0.39 is 58.0 Å². The maximum absolute atomic E-state index is 14.2. The number of aliphatic hydroxyl groups excluding tert-OH is 2. The minimum atomic E-state index is -2.67. The Hall–Kier alpha value is -4.51. The van der Waals surface area contributed by atoms with Crippen molar-refractivity contribution in [2.45, 2.75) is 31.0 Å². The van der Waals surface area contributed by atoms with Crippen LogP contribution in [0.1, 0.15) is 27.9 Å². The van der Waals surface area contributed by atoms with Gasteiger partial charge in [-0.2, -0.15) is 0 Å². The zero-order valence-corrected chi connectivity index (χ0v) is 25.0. The summed E-state index contributed by atoms with van der Waals surface area (Å²) in [4.78, 5) is 43.5. The topological polar surface area (TPSA) is 165 Å². The number of carbonyl (C=O) groups excluding carboxylic acids is 3. The van der Waals surface area contributed by atoms with Crippen LogP contribution in [0.25, 0.3) is 21.9 Å². The third-order valence-electron chi connectivity index (χ3n) is 9.40. The number of carbonyl (C=O) groups is 3. The van der Waals surface area contributed by atoms with Crippen LogP contribution in [0.4, 0.5) is 0 Å². The number of fused-ring (bicyclic) bond motifs is 4. The molecular weight excluding hydrogens is 562 g/mol. The maximum atomic E-state index is 14.2. The SMILES string of the molecule is CN(C)Cc1ccc(-c2ccc(O)c3c2C[C@H]2C[C@H]4[C@H](N(C)C)C(O)=C(C(N)=O)C(=O)[C@@]4(O)C(O)=C2C3=O)c2ccccc12. The predicted molar refractivity (Wildman–Crippen MR) is 164 cm³/mol. The van der Waals surface area contributed by atoms with Gasteiger partial charge in [0.1, 0.15) is 22.8 Å². The monoisotopic (exact) mass is 597 g/mol. The Morgan fingerprint density at radius 1 is 0.955 bits per heavy atom. The van der Waals surface area contributed by atoms with Crippen LogP contribution >= 0.6 is 0 Å². The second-order valence-electron chi connectivity index (χ2n) is 12.5. The Balaban J connectivity index is 1.55. The van der Waals surface area contributed by atoms with Crippen LogP contribution in [0.15, 0.2) is 71.2 Å². The van der Waals surface area contributed by atoms with Crippen molar-refractivity contribution in [3.63, 3.8) is 0 Å². The lowest BCUT2D eigenvalue weighted by Crippen LogP contribution is -2.63. The Kier molecular flexibility index (Phi) is 6.92. The molecule has 10 heteroatoms. The number of hydrogen-bond acceptors (Lipinski definition) is 9. The largest absolute Gasteiger partial charge is 0.510 e. The smallest absolute Gasteiger partial charge is 0.255 e. The van der Waals surface area contributed by atoms with Crippen molar-refractivity contribution < 1.29 is 34.8 Å². The maximum Gasteiger partial charge on any atom is 0.255 e. The number of phenolic OH excluding ortho intramolecular Hbond substituents is 1. The zero-order chi connectivity index (χ0) is 31.8. The predicted octanol–water partition coefficient (Wildman–Crippen LogP) is 3.00. The van der Waals surface area contributed by atoms with Crippen LogP contribution < -0.4 is 5.73 Å². The van der Waals surface area contributed by atoms with E-state index >= 15 is 0 Å². The van der Waals surface area contributed by atoms with E-state index in [9.17, 15) is 34.8 Å². The van der Waals surface area contributed by atoms with Gasteiger partial charge >= 0.3 is 0 Å². The molecule has 1 amide bonds. The van der Waals surface area contributed by atoms with Crippen LogP contribution in [-0.4, -0.2) is 87.5 Å². The normalized spacial score (nSPS) is 25.0. The fraction of sp³-hybridized carbons (Fsp3) is 0.324. The number of aliphatic hydroxyl groups is 3. The molecule has 0 aliphatic heterocycles. The summed E-state index contributed by atoms with van der Waals surface area (Å²) in [5.41, 5.74) is 5.09. The molecule has 3 aliphatic carbocycles. The molecule has 228 valence electrons. The minimum Gasteiger partial charge on any atom is -0.510 e. The van der Waals surface area contributed by atoms with E-state index in [0.717, 1.165) is 34.0 Å². The first-order valence-electron chi connectivity index (χ1n) is 14.4. The molecule has 3 aromatic rings. The molecule has 3 aliphatic rings. The van der Waals surface area contributed by atoms with Gasteiger partial charge in [-0.25, -0.2) is 0 Å². The molecule has 0 fully saturated rings. The van der Waals surface area contributed by atoms with Gasteiger partial charge in [0.25, 0.3) is 5.91 Å². The Morgan fingerprint density at radius 3 is 2.25 bits per heavy atom. The molecule has 6 N–H and O–H groups in total. The van der Waals surface area contributed by atoms with Crippen molar-refractivity contribution in [1.29, 1.82) is 0 Å². The molecule has 10 nitrogen and oxygen atoms in total. The fourth-order valence-electron chi connectivity index (χ4n) is 7.58. The van der Waals surface area contributed by atoms with Crippen LogP contribution in [0.2, 0.25) is 0 Å². The molecule has 0 spiro atoms. The van der Waals surface area contributed by atoms with Gasteiger partial charge < -0.3 is 31.1 Å². The van der Waals surface area contributed by atoms with E-state index in [2.05, 4.69) is 17.0 Å². The van der Waals surface area contributed by atoms with E-state index in [-0.39, 0.29) is 29.7 Å². The molecule has 0 bridgehead atoms. The molecular formula is C34H35N3O7. The average molecular weight is 598 g/mol. The summed E-state index contributed by atoms with van der Waals surface area (Å²) in [5, 5.41) is 47.4. The van der Waals surface area contributed by atoms with E-state index in [1.165, 1.54) is 11.0 Å². The number of amides is 1. The van der Waals surface area contributed by atoms with Gasteiger partial charge in [0, 0.05) is 18.0 Å². The van der Waals surface area contributed by atoms with Crippen LogP contribution in [0.5, 0.6) is 5.75 Å². The third-order valence-corrected chi connectivity index (χ3v) is 9.40. The van der Waals surface area contributed by atoms with Crippen molar-refractivity contribution in [1.82, 2.24) is 9.80 Å². The number of nitrogens with zero attached hydrogens (tertiary/aromatic N) is 2. The molecule has 0 saturated heterocycles. The van der Waals surface area contributed by atoms with Gasteiger partial charge in [-0.15, -0.1) is 0 Å². The summed E-state index contributed by atoms with van der Waals surface area (Å²) in [5.74, 6) is -6.70. The van der Waals surface area contributed by atoms with E-state index in [1.807, 2.05) is 38.4 Å². The summed E-state index contributed by atoms with van der Waals surface area (Å²) in [7, 11) is 7.21. The molecule has 0 radical (unpaired) electrons. The first-order valence-corrected chi connectivity index (χ1v) is 14.4. The Morgan fingerprint density at radius 2 is 1.61 bits per heavy atom. The highest BCUT2D eigenvalue weighted by Crippen LogP contribution is 2.53. The summed E-state index contributed by atoms with van der Waals surface area (Å²) in [6.45, 7) is 0.733. The number of aromatic hydroxyl groups is 1. The lowest BCUT2D eigenvalue weighted by Gasteiger charge is -2.50. The summed E-state index contributed by atoms with van der Waals surface area (Å²) in [6, 6.07) is 14.2. The van der Waals surface area contributed by atoms with Crippen molar-refractivity contribution >= 4 is 28.2 Å². The standard InChI is InChI=1S/C34H35N3O7/c1-36(2)15-16-9-10-20(19-8-6-5-7-18(16)19)21-11-12-24(38)26-22(21)13-17-14-23-28(37(3)4)30(40)27(33(35)43)32(42)34(23,44)31(41)25(17)29(26)39/h5-12,17,23,28,38,40-41,44H,13-15H2,1-4H3,(H2,35,43)/t17-,23-,28-,34-/m0/s1. The molecule has 3 aromatic carbocycles. The average Bonchev–Trinajstić information content (AvgIpc) is 2.95. The highest BCUT2D eigenvalue weighted by atomic mass is 16.3. The highest BCUT2D eigenvalue weighted by Gasteiger charge is 2.63. The number of hydrogen-bond donors (Lipinski definition) is 5. The number of likely N-dealkylation sites (N-methyl/N-ethyl adjacent to an activating group) is 1. The molecule has 44 heavy (non-hydrogen) atoms. The number of rotatable bonds is 5. The number of allylic oxidation sites excluding steroid dienone is 1. The van der Waals surface area contributed by atoms with Gasteiger partial charge in [-0.05, 0) is 86.0 Å². The van der Waals surface area contributed by atoms with Crippen LogP contribution in [-0.2, 0) is 22.6 Å². The van der Waals surface area contributed by atoms with Gasteiger partial charge in [0.05, 0.1) is 11.6 Å². The fourth-order valence-corrected chi connectivity index (χ4v) is 7.58. The Labute approximate surface area is 254 Å². The second-order valence-corrected chi connectivity index (χ2v) is 12.5. The van der Waals surface area contributed by atoms with Crippen LogP contribution in [0.3, 0.4) is 0 Å². The van der Waals surface area contributed by atoms with Crippen molar-refractivity contribution in [2.75, 3.05) is 28.2 Å². The van der Waals surface area contributed by atoms with Gasteiger partial charge in [0.15, 0.2) is 11.4 Å². The van der Waals surface area contributed by atoms with E-state index in [4.69, 9.17) is 5.73 Å². The van der Waals surface area contributed by atoms with Crippen molar-refractivity contribution in [3.8, 4) is 16.9 Å². The molecule has 0 unspecified atom stereocenters. The number of Topliss-reactive ketones (excluding diaryl/α,β-unsaturated/α-hetero) is 2. The molecule has 0 heterocycles. The van der Waals surface area contributed by atoms with Crippen LogP contribution in [0, 0.1) is 11.8 Å². The first kappa shape index (κ1) is 29.6. The van der Waals surface area contributed by atoms with Gasteiger partial charge in [-0.3, -0.25) is 19.3 Å². The number of phenols is 1. The summed E-state index contributed by atoms with van der Waals surface area (Å²) in [6.07, 6.45) is 0.245. The first-order chi connectivity index (χ1) is 20.8. The molecule has 6 rings (SSSR count). The molecule has 0 aromatic heterocycles. The van der Waals surface area contributed by atoms with E-state index in [1.54, 1.807) is 20.2 Å². The van der Waals surface area contributed by atoms with Gasteiger partial charge in [-0.1, -0.05) is 42.5 Å². The quantitative estimate of drug-likeness (QED) is 0.278. The number of benzene rings is 3. The second kappa shape index (κ2) is 10.3. The lowest BCUT2D eigenvalue weighted by atomic mass is 9.58. The Bertz CT molecular complexity index is 1840.